The maximum absolute atomic E-state index is 12.7. The van der Waals surface area contributed by atoms with Crippen LogP contribution >= 0.6 is 0 Å². The van der Waals surface area contributed by atoms with E-state index in [1.54, 1.807) is 0 Å². The number of hydrogen-bond donors (Lipinski definition) is 1. The van der Waals surface area contributed by atoms with E-state index in [4.69, 9.17) is 0 Å². The first-order valence-corrected chi connectivity index (χ1v) is 4.63. The summed E-state index contributed by atoms with van der Waals surface area (Å²) in [7, 11) is 0. The van der Waals surface area contributed by atoms with Crippen molar-refractivity contribution in [3.8, 4) is 0 Å². The molecule has 0 saturated carbocycles. The van der Waals surface area contributed by atoms with Crippen LogP contribution in [-0.4, -0.2) is 34.7 Å². The van der Waals surface area contributed by atoms with Crippen molar-refractivity contribution in [2.45, 2.75) is 25.0 Å². The number of alkyl halides is 2. The lowest BCUT2D eigenvalue weighted by atomic mass is 10.2. The monoisotopic (exact) mass is 233 g/mol. The molecule has 0 spiro atoms. The Morgan fingerprint density at radius 1 is 1.62 bits per heavy atom. The van der Waals surface area contributed by atoms with Crippen LogP contribution in [0.2, 0.25) is 0 Å². The van der Waals surface area contributed by atoms with E-state index in [9.17, 15) is 13.6 Å². The molecule has 1 fully saturated rings. The Balaban J connectivity index is 1.74. The van der Waals surface area contributed by atoms with Crippen molar-refractivity contribution in [3.63, 3.8) is 0 Å². The number of carbonyl (C=O) groups is 1. The fourth-order valence-electron chi connectivity index (χ4n) is 1.38. The lowest BCUT2D eigenvalue weighted by Gasteiger charge is -2.07. The summed E-state index contributed by atoms with van der Waals surface area (Å²) >= 11 is 0. The van der Waals surface area contributed by atoms with Crippen molar-refractivity contribution in [1.82, 2.24) is 15.5 Å². The van der Waals surface area contributed by atoms with Crippen LogP contribution in [0.3, 0.4) is 0 Å². The number of carbonyl (C=O) groups excluding carboxylic acids is 1. The number of cyclic esters (lactones) is 1. The molecule has 1 saturated heterocycles. The van der Waals surface area contributed by atoms with Crippen molar-refractivity contribution in [1.29, 1.82) is 0 Å². The number of halogens is 2. The third-order valence-corrected chi connectivity index (χ3v) is 2.12. The smallest absolute Gasteiger partial charge is 0.377 e. The van der Waals surface area contributed by atoms with E-state index >= 15 is 0 Å². The molecule has 2 heterocycles. The molecule has 1 aromatic rings. The van der Waals surface area contributed by atoms with E-state index in [2.05, 4.69) is 24.7 Å². The number of nitrogens with one attached hydrogen (secondary N) is 1. The first kappa shape index (κ1) is 10.9. The average molecular weight is 233 g/mol. The van der Waals surface area contributed by atoms with Crippen LogP contribution in [0.1, 0.15) is 12.2 Å². The molecule has 1 aliphatic heterocycles. The number of hydrogen-bond acceptors (Lipinski definition) is 6. The minimum atomic E-state index is -3.36. The molecule has 0 radical (unpaired) electrons. The molecule has 1 N–H and O–H groups in total. The van der Waals surface area contributed by atoms with Gasteiger partial charge in [0.05, 0.1) is 13.0 Å². The number of ether oxygens (including phenoxy) is 1. The van der Waals surface area contributed by atoms with Crippen molar-refractivity contribution in [2.75, 3.05) is 6.54 Å². The highest BCUT2D eigenvalue weighted by Gasteiger charge is 2.50. The van der Waals surface area contributed by atoms with E-state index in [1.807, 2.05) is 0 Å². The Hall–Kier alpha value is -1.57. The SMILES string of the molecule is O=C1OC(CNCc2ncon2)CC1(F)F. The predicted molar refractivity (Wildman–Crippen MR) is 45.4 cm³/mol. The molecule has 2 rings (SSSR count). The van der Waals surface area contributed by atoms with Crippen molar-refractivity contribution in [2.24, 2.45) is 0 Å². The summed E-state index contributed by atoms with van der Waals surface area (Å²) in [6.45, 7) is 0.409. The van der Waals surface area contributed by atoms with E-state index in [-0.39, 0.29) is 13.1 Å². The molecule has 16 heavy (non-hydrogen) atoms. The highest BCUT2D eigenvalue weighted by Crippen LogP contribution is 2.30. The molecular formula is C8H9F2N3O3. The maximum atomic E-state index is 12.7. The topological polar surface area (TPSA) is 77.2 Å². The van der Waals surface area contributed by atoms with Crippen LogP contribution in [0.4, 0.5) is 8.78 Å². The van der Waals surface area contributed by atoms with Crippen LogP contribution in [0.25, 0.3) is 0 Å². The number of esters is 1. The highest BCUT2D eigenvalue weighted by molar-refractivity contribution is 5.79. The minimum absolute atomic E-state index is 0.135. The second-order valence-corrected chi connectivity index (χ2v) is 3.41. The van der Waals surface area contributed by atoms with Gasteiger partial charge in [0.1, 0.15) is 6.10 Å². The average Bonchev–Trinajstić information content (AvgIpc) is 2.76. The molecule has 1 unspecified atom stereocenters. The number of aromatic nitrogens is 2. The first-order chi connectivity index (χ1) is 7.58. The van der Waals surface area contributed by atoms with E-state index in [0.29, 0.717) is 5.82 Å². The zero-order chi connectivity index (χ0) is 11.6. The van der Waals surface area contributed by atoms with Crippen molar-refractivity contribution < 1.29 is 22.8 Å². The summed E-state index contributed by atoms with van der Waals surface area (Å²) in [6, 6.07) is 0. The fraction of sp³-hybridized carbons (Fsp3) is 0.625. The van der Waals surface area contributed by atoms with Crippen LogP contribution in [0.15, 0.2) is 10.9 Å². The molecule has 0 amide bonds. The van der Waals surface area contributed by atoms with Gasteiger partial charge in [-0.15, -0.1) is 0 Å². The summed E-state index contributed by atoms with van der Waals surface area (Å²) in [6.07, 6.45) is -0.236. The van der Waals surface area contributed by atoms with E-state index < -0.39 is 24.4 Å². The summed E-state index contributed by atoms with van der Waals surface area (Å²) < 4.78 is 34.5. The van der Waals surface area contributed by atoms with Gasteiger partial charge in [0.25, 0.3) is 0 Å². The molecule has 0 aromatic carbocycles. The Bertz CT molecular complexity index is 369. The molecular weight excluding hydrogens is 224 g/mol. The van der Waals surface area contributed by atoms with Gasteiger partial charge in [0.15, 0.2) is 5.82 Å². The zero-order valence-electron chi connectivity index (χ0n) is 8.15. The van der Waals surface area contributed by atoms with Gasteiger partial charge in [-0.1, -0.05) is 5.16 Å². The standard InChI is InChI=1S/C8H9F2N3O3/c9-8(10)1-5(16-7(8)14)2-11-3-6-12-4-15-13-6/h4-5,11H,1-3H2. The lowest BCUT2D eigenvalue weighted by Crippen LogP contribution is -2.27. The second-order valence-electron chi connectivity index (χ2n) is 3.41. The van der Waals surface area contributed by atoms with Crippen LogP contribution in [0.5, 0.6) is 0 Å². The molecule has 6 nitrogen and oxygen atoms in total. The van der Waals surface area contributed by atoms with Gasteiger partial charge in [0, 0.05) is 6.54 Å². The lowest BCUT2D eigenvalue weighted by molar-refractivity contribution is -0.159. The third-order valence-electron chi connectivity index (χ3n) is 2.12. The highest BCUT2D eigenvalue weighted by atomic mass is 19.3. The van der Waals surface area contributed by atoms with Gasteiger partial charge >= 0.3 is 11.9 Å². The Labute approximate surface area is 89.0 Å². The molecule has 1 aliphatic rings. The van der Waals surface area contributed by atoms with Crippen LogP contribution in [0, 0.1) is 0 Å². The van der Waals surface area contributed by atoms with Crippen LogP contribution < -0.4 is 5.32 Å². The molecule has 1 aromatic heterocycles. The summed E-state index contributed by atoms with van der Waals surface area (Å²) in [5, 5.41) is 6.31. The summed E-state index contributed by atoms with van der Waals surface area (Å²) in [5.74, 6) is -4.41. The normalized spacial score (nSPS) is 23.4. The molecule has 0 bridgehead atoms. The number of rotatable bonds is 4. The van der Waals surface area contributed by atoms with Crippen molar-refractivity contribution in [3.05, 3.63) is 12.2 Å². The molecule has 88 valence electrons. The van der Waals surface area contributed by atoms with Gasteiger partial charge in [-0.25, -0.2) is 4.79 Å². The van der Waals surface area contributed by atoms with Crippen molar-refractivity contribution >= 4 is 5.97 Å². The van der Waals surface area contributed by atoms with E-state index in [1.165, 1.54) is 6.39 Å². The quantitative estimate of drug-likeness (QED) is 0.744. The zero-order valence-corrected chi connectivity index (χ0v) is 8.15. The Kier molecular flexibility index (Phi) is 2.82. The van der Waals surface area contributed by atoms with Crippen LogP contribution in [-0.2, 0) is 16.1 Å². The summed E-state index contributed by atoms with van der Waals surface area (Å²) in [4.78, 5) is 14.4. The van der Waals surface area contributed by atoms with Gasteiger partial charge < -0.3 is 14.6 Å². The molecule has 1 atom stereocenters. The largest absolute Gasteiger partial charge is 0.456 e. The van der Waals surface area contributed by atoms with Gasteiger partial charge in [-0.3, -0.25) is 0 Å². The fourth-order valence-corrected chi connectivity index (χ4v) is 1.38. The number of nitrogens with zero attached hydrogens (tertiary/aromatic N) is 2. The Morgan fingerprint density at radius 2 is 2.44 bits per heavy atom. The third kappa shape index (κ3) is 2.32. The predicted octanol–water partition coefficient (Wildman–Crippen LogP) is 0.110. The van der Waals surface area contributed by atoms with Gasteiger partial charge in [0.2, 0.25) is 6.39 Å². The molecule has 0 aliphatic carbocycles. The minimum Gasteiger partial charge on any atom is -0.456 e. The van der Waals surface area contributed by atoms with Gasteiger partial charge in [-0.05, 0) is 0 Å². The first-order valence-electron chi connectivity index (χ1n) is 4.63. The second kappa shape index (κ2) is 4.12. The maximum Gasteiger partial charge on any atom is 0.377 e. The van der Waals surface area contributed by atoms with Gasteiger partial charge in [-0.2, -0.15) is 13.8 Å². The van der Waals surface area contributed by atoms with E-state index in [0.717, 1.165) is 0 Å². The summed E-state index contributed by atoms with van der Waals surface area (Å²) in [5.41, 5.74) is 0. The Morgan fingerprint density at radius 3 is 3.00 bits per heavy atom. The molecule has 8 heteroatoms.